The van der Waals surface area contributed by atoms with Crippen LogP contribution in [0.3, 0.4) is 0 Å². The molecule has 2 unspecified atom stereocenters. The molecule has 0 spiro atoms. The Balaban J connectivity index is 0.000000204. The highest BCUT2D eigenvalue weighted by atomic mass is 16.5. The van der Waals surface area contributed by atoms with Crippen molar-refractivity contribution in [3.8, 4) is 11.5 Å². The first-order chi connectivity index (χ1) is 14.1. The number of hydrogen-bond acceptors (Lipinski definition) is 6. The zero-order chi connectivity index (χ0) is 20.6. The molecule has 0 amide bonds. The van der Waals surface area contributed by atoms with Crippen molar-refractivity contribution in [2.45, 2.75) is 38.6 Å². The fraction of sp³-hybridized carbons (Fsp3) is 0.478. The van der Waals surface area contributed by atoms with E-state index in [-0.39, 0.29) is 0 Å². The van der Waals surface area contributed by atoms with Crippen LogP contribution in [0.4, 0.5) is 5.82 Å². The van der Waals surface area contributed by atoms with Crippen molar-refractivity contribution in [1.29, 1.82) is 0 Å². The molecule has 2 aromatic rings. The van der Waals surface area contributed by atoms with Crippen molar-refractivity contribution in [3.05, 3.63) is 48.2 Å². The Labute approximate surface area is 173 Å². The smallest absolute Gasteiger partial charge is 0.160 e. The molecule has 2 heterocycles. The van der Waals surface area contributed by atoms with Gasteiger partial charge in [-0.2, -0.15) is 5.10 Å². The van der Waals surface area contributed by atoms with Crippen molar-refractivity contribution < 1.29 is 9.47 Å². The lowest BCUT2D eigenvalue weighted by Crippen LogP contribution is -2.35. The van der Waals surface area contributed by atoms with Crippen molar-refractivity contribution in [2.75, 3.05) is 33.2 Å². The second-order valence-corrected chi connectivity index (χ2v) is 7.65. The zero-order valence-corrected chi connectivity index (χ0v) is 17.9. The highest BCUT2D eigenvalue weighted by Crippen LogP contribution is 2.34. The van der Waals surface area contributed by atoms with E-state index in [2.05, 4.69) is 40.4 Å². The lowest BCUT2D eigenvalue weighted by atomic mass is 9.84. The molecule has 29 heavy (non-hydrogen) atoms. The second kappa shape index (κ2) is 10.3. The summed E-state index contributed by atoms with van der Waals surface area (Å²) in [6.45, 7) is 3.30. The van der Waals surface area contributed by atoms with E-state index in [0.29, 0.717) is 6.04 Å². The van der Waals surface area contributed by atoms with Gasteiger partial charge in [-0.1, -0.05) is 18.2 Å². The molecule has 1 aliphatic heterocycles. The van der Waals surface area contributed by atoms with Crippen LogP contribution >= 0.6 is 0 Å². The van der Waals surface area contributed by atoms with Gasteiger partial charge in [0, 0.05) is 24.4 Å². The summed E-state index contributed by atoms with van der Waals surface area (Å²) in [4.78, 5) is 6.81. The number of pyridine rings is 1. The molecule has 156 valence electrons. The molecule has 0 radical (unpaired) electrons. The minimum Gasteiger partial charge on any atom is -0.493 e. The van der Waals surface area contributed by atoms with Crippen LogP contribution in [-0.4, -0.2) is 49.4 Å². The van der Waals surface area contributed by atoms with E-state index in [1.165, 1.54) is 25.1 Å². The first-order valence-electron chi connectivity index (χ1n) is 10.2. The number of fused-ring (bicyclic) bond motifs is 1. The van der Waals surface area contributed by atoms with Crippen LogP contribution in [0.2, 0.25) is 0 Å². The lowest BCUT2D eigenvalue weighted by Gasteiger charge is -2.30. The molecule has 0 bridgehead atoms. The number of aryl methyl sites for hydroxylation is 1. The number of aromatic nitrogens is 1. The minimum absolute atomic E-state index is 0.708. The second-order valence-electron chi connectivity index (χ2n) is 7.65. The molecule has 2 aliphatic rings. The molecule has 1 saturated carbocycles. The topological polar surface area (TPSA) is 59.0 Å². The summed E-state index contributed by atoms with van der Waals surface area (Å²) < 4.78 is 10.0. The molecule has 6 heteroatoms. The molecule has 2 fully saturated rings. The molecule has 1 aromatic heterocycles. The maximum Gasteiger partial charge on any atom is 0.160 e. The third-order valence-corrected chi connectivity index (χ3v) is 5.83. The number of likely N-dealkylation sites (tertiary alicyclic amines) is 1. The van der Waals surface area contributed by atoms with E-state index < -0.39 is 0 Å². The normalized spacial score (nSPS) is 22.4. The Kier molecular flexibility index (Phi) is 7.47. The molecule has 4 rings (SSSR count). The van der Waals surface area contributed by atoms with Crippen molar-refractivity contribution in [1.82, 2.24) is 9.88 Å². The summed E-state index contributed by atoms with van der Waals surface area (Å²) in [6, 6.07) is 12.2. The van der Waals surface area contributed by atoms with Crippen LogP contribution < -0.4 is 14.9 Å². The summed E-state index contributed by atoms with van der Waals surface area (Å²) >= 11 is 0. The SMILES string of the molecule is COc1ccccc1OC.Cc1cccnc1N/N=C1/CCC2CCN(C)C2C1. The molecule has 1 aliphatic carbocycles. The van der Waals surface area contributed by atoms with Crippen LogP contribution in [0.1, 0.15) is 31.2 Å². The largest absolute Gasteiger partial charge is 0.493 e. The Bertz CT molecular complexity index is 801. The molecule has 2 atom stereocenters. The molecule has 6 nitrogen and oxygen atoms in total. The maximum atomic E-state index is 5.01. The van der Waals surface area contributed by atoms with E-state index in [4.69, 9.17) is 9.47 Å². The van der Waals surface area contributed by atoms with Gasteiger partial charge in [-0.25, -0.2) is 4.98 Å². The Hall–Kier alpha value is -2.60. The monoisotopic (exact) mass is 396 g/mol. The molecular weight excluding hydrogens is 364 g/mol. The van der Waals surface area contributed by atoms with Crippen LogP contribution in [0, 0.1) is 12.8 Å². The van der Waals surface area contributed by atoms with Gasteiger partial charge in [0.25, 0.3) is 0 Å². The van der Waals surface area contributed by atoms with Crippen LogP contribution in [-0.2, 0) is 0 Å². The Morgan fingerprint density at radius 2 is 1.79 bits per heavy atom. The number of para-hydroxylation sites is 2. The van der Waals surface area contributed by atoms with E-state index in [9.17, 15) is 0 Å². The summed E-state index contributed by atoms with van der Waals surface area (Å²) in [5, 5.41) is 4.59. The van der Waals surface area contributed by atoms with Gasteiger partial charge < -0.3 is 14.4 Å². The van der Waals surface area contributed by atoms with E-state index >= 15 is 0 Å². The Morgan fingerprint density at radius 1 is 1.07 bits per heavy atom. The van der Waals surface area contributed by atoms with Gasteiger partial charge >= 0.3 is 0 Å². The molecular formula is C23H32N4O2. The fourth-order valence-electron chi connectivity index (χ4n) is 4.07. The van der Waals surface area contributed by atoms with E-state index in [1.54, 1.807) is 20.4 Å². The molecule has 1 aromatic carbocycles. The van der Waals surface area contributed by atoms with Gasteiger partial charge in [-0.3, -0.25) is 5.43 Å². The van der Waals surface area contributed by atoms with Gasteiger partial charge in [0.05, 0.1) is 14.2 Å². The number of hydrogen-bond donors (Lipinski definition) is 1. The van der Waals surface area contributed by atoms with Crippen LogP contribution in [0.25, 0.3) is 0 Å². The predicted molar refractivity (Wildman–Crippen MR) is 118 cm³/mol. The standard InChI is InChI=1S/C15H22N4.C8H10O2/c1-11-4-3-8-16-15(11)18-17-13-6-5-12-7-9-19(2)14(12)10-13;1-9-7-5-3-4-6-8(7)10-2/h3-4,8,12,14H,5-7,9-10H2,1-2H3,(H,16,18);3-6H,1-2H3/b17-13-;. The van der Waals surface area contributed by atoms with E-state index in [1.807, 2.05) is 30.3 Å². The van der Waals surface area contributed by atoms with Crippen molar-refractivity contribution in [3.63, 3.8) is 0 Å². The number of anilines is 1. The van der Waals surface area contributed by atoms with Gasteiger partial charge in [0.15, 0.2) is 11.5 Å². The number of nitrogens with zero attached hydrogens (tertiary/aromatic N) is 3. The average molecular weight is 397 g/mol. The van der Waals surface area contributed by atoms with Crippen molar-refractivity contribution in [2.24, 2.45) is 11.0 Å². The quantitative estimate of drug-likeness (QED) is 0.778. The molecule has 1 saturated heterocycles. The maximum absolute atomic E-state index is 5.01. The summed E-state index contributed by atoms with van der Waals surface area (Å²) in [7, 11) is 5.49. The summed E-state index contributed by atoms with van der Waals surface area (Å²) in [5.41, 5.74) is 5.56. The van der Waals surface area contributed by atoms with Crippen LogP contribution in [0.15, 0.2) is 47.7 Å². The number of benzene rings is 1. The highest BCUT2D eigenvalue weighted by molar-refractivity contribution is 5.86. The van der Waals surface area contributed by atoms with Crippen molar-refractivity contribution >= 4 is 11.5 Å². The zero-order valence-electron chi connectivity index (χ0n) is 17.9. The van der Waals surface area contributed by atoms with Gasteiger partial charge in [0.2, 0.25) is 0 Å². The third kappa shape index (κ3) is 5.48. The molecule has 1 N–H and O–H groups in total. The highest BCUT2D eigenvalue weighted by Gasteiger charge is 2.35. The van der Waals surface area contributed by atoms with Gasteiger partial charge in [-0.15, -0.1) is 0 Å². The van der Waals surface area contributed by atoms with Crippen LogP contribution in [0.5, 0.6) is 11.5 Å². The first kappa shape index (κ1) is 21.1. The number of ether oxygens (including phenoxy) is 2. The van der Waals surface area contributed by atoms with Gasteiger partial charge in [-0.05, 0) is 69.5 Å². The third-order valence-electron chi connectivity index (χ3n) is 5.83. The summed E-state index contributed by atoms with van der Waals surface area (Å²) in [6.07, 6.45) is 6.70. The number of methoxy groups -OCH3 is 2. The predicted octanol–water partition coefficient (Wildman–Crippen LogP) is 4.37. The summed E-state index contributed by atoms with van der Waals surface area (Å²) in [5.74, 6) is 3.30. The number of rotatable bonds is 4. The number of hydrazone groups is 1. The van der Waals surface area contributed by atoms with E-state index in [0.717, 1.165) is 41.6 Å². The lowest BCUT2D eigenvalue weighted by molar-refractivity contribution is 0.261. The first-order valence-corrected chi connectivity index (χ1v) is 10.2. The number of nitrogens with one attached hydrogen (secondary N) is 1. The minimum atomic E-state index is 0.708. The fourth-order valence-corrected chi connectivity index (χ4v) is 4.07. The Morgan fingerprint density at radius 3 is 2.45 bits per heavy atom. The average Bonchev–Trinajstić information content (AvgIpc) is 3.13. The van der Waals surface area contributed by atoms with Gasteiger partial charge in [0.1, 0.15) is 5.82 Å².